The fourth-order valence-corrected chi connectivity index (χ4v) is 2.15. The van der Waals surface area contributed by atoms with E-state index >= 15 is 0 Å². The zero-order chi connectivity index (χ0) is 12.1. The molecule has 1 aliphatic rings. The van der Waals surface area contributed by atoms with Gasteiger partial charge in [-0.3, -0.25) is 9.78 Å². The van der Waals surface area contributed by atoms with Crippen molar-refractivity contribution in [1.82, 2.24) is 9.88 Å². The lowest BCUT2D eigenvalue weighted by Gasteiger charge is -2.37. The molecule has 0 spiro atoms. The summed E-state index contributed by atoms with van der Waals surface area (Å²) in [6.07, 6.45) is 7.63. The molecule has 1 aromatic rings. The summed E-state index contributed by atoms with van der Waals surface area (Å²) < 4.78 is 0. The zero-order valence-corrected chi connectivity index (χ0v) is 10.6. The predicted octanol–water partition coefficient (Wildman–Crippen LogP) is 2.71. The van der Waals surface area contributed by atoms with Crippen molar-refractivity contribution < 1.29 is 4.79 Å². The number of carbonyl (C=O) groups excluding carboxylic acids is 1. The number of pyridine rings is 1. The van der Waals surface area contributed by atoms with Crippen LogP contribution in [0.4, 0.5) is 0 Å². The van der Waals surface area contributed by atoms with Gasteiger partial charge in [0.1, 0.15) is 0 Å². The number of alkyl halides is 1. The maximum atomic E-state index is 12.3. The van der Waals surface area contributed by atoms with Crippen LogP contribution >= 0.6 is 11.6 Å². The summed E-state index contributed by atoms with van der Waals surface area (Å²) in [6, 6.07) is 4.03. The van der Waals surface area contributed by atoms with Crippen molar-refractivity contribution in [2.75, 3.05) is 12.4 Å². The maximum Gasteiger partial charge on any atom is 0.255 e. The van der Waals surface area contributed by atoms with E-state index in [1.807, 2.05) is 11.0 Å². The van der Waals surface area contributed by atoms with E-state index in [-0.39, 0.29) is 5.91 Å². The monoisotopic (exact) mass is 252 g/mol. The van der Waals surface area contributed by atoms with Crippen molar-refractivity contribution in [3.05, 3.63) is 30.1 Å². The molecule has 2 rings (SSSR count). The molecule has 17 heavy (non-hydrogen) atoms. The average molecular weight is 253 g/mol. The van der Waals surface area contributed by atoms with Gasteiger partial charge in [0.25, 0.3) is 5.91 Å². The quantitative estimate of drug-likeness (QED) is 0.755. The molecule has 0 bridgehead atoms. The van der Waals surface area contributed by atoms with Crippen LogP contribution in [0.2, 0.25) is 0 Å². The Kier molecular flexibility index (Phi) is 4.37. The summed E-state index contributed by atoms with van der Waals surface area (Å²) >= 11 is 5.71. The molecule has 0 aromatic carbocycles. The summed E-state index contributed by atoms with van der Waals surface area (Å²) in [4.78, 5) is 18.3. The molecule has 4 heteroatoms. The fourth-order valence-electron chi connectivity index (χ4n) is 2.03. The van der Waals surface area contributed by atoms with E-state index < -0.39 is 0 Å². The number of halogens is 1. The number of nitrogens with zero attached hydrogens (tertiary/aromatic N) is 2. The average Bonchev–Trinajstić information content (AvgIpc) is 2.32. The van der Waals surface area contributed by atoms with E-state index in [0.717, 1.165) is 25.8 Å². The molecule has 1 saturated carbocycles. The Hall–Kier alpha value is -1.09. The first-order chi connectivity index (χ1) is 8.33. The first-order valence-electron chi connectivity index (χ1n) is 6.10. The lowest BCUT2D eigenvalue weighted by molar-refractivity contribution is 0.0580. The van der Waals surface area contributed by atoms with Gasteiger partial charge in [-0.05, 0) is 37.8 Å². The van der Waals surface area contributed by atoms with Gasteiger partial charge in [0.2, 0.25) is 0 Å². The van der Waals surface area contributed by atoms with Crippen LogP contribution in [-0.2, 0) is 0 Å². The van der Waals surface area contributed by atoms with Crippen LogP contribution in [0.5, 0.6) is 0 Å². The largest absolute Gasteiger partial charge is 0.336 e. The van der Waals surface area contributed by atoms with E-state index in [1.165, 1.54) is 6.42 Å². The molecule has 1 aromatic heterocycles. The maximum absolute atomic E-state index is 12.3. The third-order valence-electron chi connectivity index (χ3n) is 3.22. The highest BCUT2D eigenvalue weighted by Gasteiger charge is 2.28. The fraction of sp³-hybridized carbons (Fsp3) is 0.538. The Morgan fingerprint density at radius 1 is 1.53 bits per heavy atom. The van der Waals surface area contributed by atoms with E-state index in [2.05, 4.69) is 4.98 Å². The van der Waals surface area contributed by atoms with Crippen LogP contribution in [0.15, 0.2) is 24.5 Å². The van der Waals surface area contributed by atoms with Gasteiger partial charge in [-0.25, -0.2) is 0 Å². The minimum atomic E-state index is 0.0907. The number of hydrogen-bond acceptors (Lipinski definition) is 2. The Balaban J connectivity index is 2.06. The number of carbonyl (C=O) groups is 1. The second-order valence-corrected chi connectivity index (χ2v) is 4.75. The standard InChI is InChI=1S/C13H17ClN2O/c14-7-3-9-16(12-5-1-6-12)13(17)11-4-2-8-15-10-11/h2,4,8,10,12H,1,3,5-7,9H2. The normalized spacial score (nSPS) is 15.4. The van der Waals surface area contributed by atoms with E-state index in [4.69, 9.17) is 11.6 Å². The SMILES string of the molecule is O=C(c1cccnc1)N(CCCCl)C1CCC1. The Morgan fingerprint density at radius 2 is 2.35 bits per heavy atom. The van der Waals surface area contributed by atoms with Crippen molar-refractivity contribution in [2.24, 2.45) is 0 Å². The number of hydrogen-bond donors (Lipinski definition) is 0. The summed E-state index contributed by atoms with van der Waals surface area (Å²) in [6.45, 7) is 0.752. The van der Waals surface area contributed by atoms with Gasteiger partial charge in [-0.15, -0.1) is 11.6 Å². The van der Waals surface area contributed by atoms with E-state index in [9.17, 15) is 4.79 Å². The minimum absolute atomic E-state index is 0.0907. The molecule has 0 N–H and O–H groups in total. The molecular weight excluding hydrogens is 236 g/mol. The summed E-state index contributed by atoms with van der Waals surface area (Å²) in [5.74, 6) is 0.691. The van der Waals surface area contributed by atoms with Gasteiger partial charge in [-0.2, -0.15) is 0 Å². The number of aromatic nitrogens is 1. The molecule has 1 heterocycles. The van der Waals surface area contributed by atoms with Crippen LogP contribution in [0.25, 0.3) is 0 Å². The molecule has 0 saturated heterocycles. The minimum Gasteiger partial charge on any atom is -0.336 e. The molecule has 0 unspecified atom stereocenters. The first-order valence-corrected chi connectivity index (χ1v) is 6.63. The van der Waals surface area contributed by atoms with Gasteiger partial charge >= 0.3 is 0 Å². The van der Waals surface area contributed by atoms with Crippen molar-refractivity contribution >= 4 is 17.5 Å². The van der Waals surface area contributed by atoms with Crippen molar-refractivity contribution in [1.29, 1.82) is 0 Å². The number of rotatable bonds is 5. The molecule has 0 aliphatic heterocycles. The summed E-state index contributed by atoms with van der Waals surface area (Å²) in [7, 11) is 0. The van der Waals surface area contributed by atoms with Crippen LogP contribution < -0.4 is 0 Å². The molecule has 1 fully saturated rings. The van der Waals surface area contributed by atoms with Crippen LogP contribution in [-0.4, -0.2) is 34.3 Å². The molecule has 0 atom stereocenters. The Labute approximate surface area is 107 Å². The molecular formula is C13H17ClN2O. The summed E-state index contributed by atoms with van der Waals surface area (Å²) in [5.41, 5.74) is 0.675. The summed E-state index contributed by atoms with van der Waals surface area (Å²) in [5, 5.41) is 0. The van der Waals surface area contributed by atoms with Gasteiger partial charge in [0.05, 0.1) is 5.56 Å². The highest BCUT2D eigenvalue weighted by molar-refractivity contribution is 6.17. The van der Waals surface area contributed by atoms with Crippen LogP contribution in [0.3, 0.4) is 0 Å². The molecule has 92 valence electrons. The third-order valence-corrected chi connectivity index (χ3v) is 3.48. The molecule has 1 amide bonds. The van der Waals surface area contributed by atoms with E-state index in [1.54, 1.807) is 18.5 Å². The zero-order valence-electron chi connectivity index (χ0n) is 9.81. The predicted molar refractivity (Wildman–Crippen MR) is 68.2 cm³/mol. The second kappa shape index (κ2) is 6.01. The topological polar surface area (TPSA) is 33.2 Å². The van der Waals surface area contributed by atoms with Gasteiger partial charge in [0.15, 0.2) is 0 Å². The molecule has 1 aliphatic carbocycles. The van der Waals surface area contributed by atoms with Crippen molar-refractivity contribution in [2.45, 2.75) is 31.7 Å². The lowest BCUT2D eigenvalue weighted by atomic mass is 9.91. The molecule has 0 radical (unpaired) electrons. The second-order valence-electron chi connectivity index (χ2n) is 4.37. The highest BCUT2D eigenvalue weighted by atomic mass is 35.5. The highest BCUT2D eigenvalue weighted by Crippen LogP contribution is 2.26. The van der Waals surface area contributed by atoms with E-state index in [0.29, 0.717) is 17.5 Å². The van der Waals surface area contributed by atoms with Crippen LogP contribution in [0.1, 0.15) is 36.0 Å². The van der Waals surface area contributed by atoms with Gasteiger partial charge in [-0.1, -0.05) is 0 Å². The number of amides is 1. The lowest BCUT2D eigenvalue weighted by Crippen LogP contribution is -2.44. The van der Waals surface area contributed by atoms with Crippen LogP contribution in [0, 0.1) is 0 Å². The Bertz CT molecular complexity index is 365. The molecule has 3 nitrogen and oxygen atoms in total. The first kappa shape index (κ1) is 12.4. The Morgan fingerprint density at radius 3 is 2.88 bits per heavy atom. The van der Waals surface area contributed by atoms with Gasteiger partial charge in [0, 0.05) is 30.9 Å². The van der Waals surface area contributed by atoms with Gasteiger partial charge < -0.3 is 4.90 Å². The van der Waals surface area contributed by atoms with Crippen molar-refractivity contribution in [3.8, 4) is 0 Å². The van der Waals surface area contributed by atoms with Crippen molar-refractivity contribution in [3.63, 3.8) is 0 Å². The smallest absolute Gasteiger partial charge is 0.255 e. The third kappa shape index (κ3) is 2.97.